The molecule has 0 bridgehead atoms. The molecule has 1 aliphatic rings. The lowest BCUT2D eigenvalue weighted by Gasteiger charge is -2.33. The highest BCUT2D eigenvalue weighted by atomic mass is 32.2. The van der Waals surface area contributed by atoms with E-state index in [-0.39, 0.29) is 29.1 Å². The molecule has 10 heteroatoms. The van der Waals surface area contributed by atoms with Crippen LogP contribution in [-0.2, 0) is 26.2 Å². The van der Waals surface area contributed by atoms with Crippen LogP contribution in [0.25, 0.3) is 0 Å². The number of rotatable bonds is 13. The van der Waals surface area contributed by atoms with Crippen LogP contribution in [-0.4, -0.2) is 58.0 Å². The van der Waals surface area contributed by atoms with Crippen molar-refractivity contribution in [1.29, 1.82) is 0 Å². The summed E-state index contributed by atoms with van der Waals surface area (Å²) in [4.78, 5) is 29.1. The molecule has 0 aromatic heterocycles. The fraction of sp³-hybridized carbons (Fsp3) is 0.375. The topological polar surface area (TPSA) is 105 Å². The number of nitrogens with zero attached hydrogens (tertiary/aromatic N) is 2. The number of methoxy groups -OCH3 is 2. The van der Waals surface area contributed by atoms with Crippen molar-refractivity contribution >= 4 is 27.5 Å². The van der Waals surface area contributed by atoms with Crippen LogP contribution in [0.1, 0.15) is 44.6 Å². The van der Waals surface area contributed by atoms with E-state index in [2.05, 4.69) is 5.32 Å². The number of ether oxygens (including phenoxy) is 2. The molecule has 3 aromatic carbocycles. The summed E-state index contributed by atoms with van der Waals surface area (Å²) < 4.78 is 39.9. The van der Waals surface area contributed by atoms with Crippen LogP contribution in [0.3, 0.4) is 0 Å². The number of para-hydroxylation sites is 1. The minimum Gasteiger partial charge on any atom is -0.493 e. The van der Waals surface area contributed by atoms with Crippen LogP contribution in [0.2, 0.25) is 0 Å². The molecule has 4 rings (SSSR count). The Hall–Kier alpha value is -4.05. The molecule has 0 saturated heterocycles. The van der Waals surface area contributed by atoms with Gasteiger partial charge in [0.15, 0.2) is 11.5 Å². The van der Waals surface area contributed by atoms with Crippen molar-refractivity contribution in [2.75, 3.05) is 25.1 Å². The van der Waals surface area contributed by atoms with Gasteiger partial charge in [-0.05, 0) is 49.1 Å². The third kappa shape index (κ3) is 7.23. The second kappa shape index (κ2) is 14.2. The summed E-state index contributed by atoms with van der Waals surface area (Å²) in [6, 6.07) is 21.5. The summed E-state index contributed by atoms with van der Waals surface area (Å²) in [6.45, 7) is 1.52. The lowest BCUT2D eigenvalue weighted by atomic mass is 10.1. The highest BCUT2D eigenvalue weighted by Gasteiger charge is 2.34. The zero-order valence-corrected chi connectivity index (χ0v) is 25.2. The predicted octanol–water partition coefficient (Wildman–Crippen LogP) is 4.77. The first kappa shape index (κ1) is 30.9. The third-order valence-electron chi connectivity index (χ3n) is 7.55. The smallest absolute Gasteiger partial charge is 0.264 e. The summed E-state index contributed by atoms with van der Waals surface area (Å²) >= 11 is 0. The second-order valence-electron chi connectivity index (χ2n) is 10.3. The molecule has 1 fully saturated rings. The lowest BCUT2D eigenvalue weighted by molar-refractivity contribution is -0.140. The third-order valence-corrected chi connectivity index (χ3v) is 9.32. The first-order valence-electron chi connectivity index (χ1n) is 14.2. The fourth-order valence-electron chi connectivity index (χ4n) is 5.29. The van der Waals surface area contributed by atoms with Crippen molar-refractivity contribution in [2.24, 2.45) is 0 Å². The number of carbonyl (C=O) groups is 2. The Morgan fingerprint density at radius 2 is 1.52 bits per heavy atom. The van der Waals surface area contributed by atoms with Gasteiger partial charge in [-0.1, -0.05) is 68.3 Å². The van der Waals surface area contributed by atoms with Crippen LogP contribution < -0.4 is 19.1 Å². The maximum Gasteiger partial charge on any atom is 0.264 e. The van der Waals surface area contributed by atoms with Crippen molar-refractivity contribution in [2.45, 2.75) is 62.6 Å². The monoisotopic (exact) mass is 593 g/mol. The molecule has 0 unspecified atom stereocenters. The molecule has 0 heterocycles. The number of amides is 2. The Labute approximate surface area is 248 Å². The van der Waals surface area contributed by atoms with Crippen molar-refractivity contribution in [1.82, 2.24) is 10.2 Å². The summed E-state index contributed by atoms with van der Waals surface area (Å²) in [6.07, 6.45) is 4.34. The van der Waals surface area contributed by atoms with E-state index in [1.807, 2.05) is 37.3 Å². The number of nitrogens with one attached hydrogen (secondary N) is 1. The van der Waals surface area contributed by atoms with E-state index in [1.165, 1.54) is 37.3 Å². The molecular weight excluding hydrogens is 554 g/mol. The maximum atomic E-state index is 14.2. The van der Waals surface area contributed by atoms with E-state index in [4.69, 9.17) is 9.47 Å². The van der Waals surface area contributed by atoms with E-state index in [9.17, 15) is 18.0 Å². The van der Waals surface area contributed by atoms with Crippen LogP contribution in [0.15, 0.2) is 83.8 Å². The lowest BCUT2D eigenvalue weighted by Crippen LogP contribution is -2.53. The molecule has 42 heavy (non-hydrogen) atoms. The normalized spacial score (nSPS) is 14.2. The fourth-order valence-corrected chi connectivity index (χ4v) is 6.72. The Bertz CT molecular complexity index is 1440. The first-order chi connectivity index (χ1) is 20.3. The van der Waals surface area contributed by atoms with Crippen LogP contribution in [0.5, 0.6) is 11.5 Å². The van der Waals surface area contributed by atoms with Gasteiger partial charge in [0.1, 0.15) is 12.6 Å². The van der Waals surface area contributed by atoms with Gasteiger partial charge >= 0.3 is 0 Å². The Morgan fingerprint density at radius 1 is 0.905 bits per heavy atom. The van der Waals surface area contributed by atoms with E-state index >= 15 is 0 Å². The first-order valence-corrected chi connectivity index (χ1v) is 15.7. The van der Waals surface area contributed by atoms with Gasteiger partial charge in [-0.3, -0.25) is 13.9 Å². The molecule has 1 saturated carbocycles. The SMILES string of the molecule is CC[C@H](C(=O)NC1CCCC1)N(Cc1ccccc1)C(=O)CN(c1ccccc1)S(=O)(=O)c1ccc(OC)c(OC)c1. The highest BCUT2D eigenvalue weighted by Crippen LogP contribution is 2.32. The summed E-state index contributed by atoms with van der Waals surface area (Å²) in [5.74, 6) is -0.0759. The molecule has 224 valence electrons. The van der Waals surface area contributed by atoms with Gasteiger partial charge in [0.05, 0.1) is 24.8 Å². The number of sulfonamides is 1. The Kier molecular flexibility index (Phi) is 10.5. The summed E-state index contributed by atoms with van der Waals surface area (Å²) in [5, 5.41) is 3.13. The van der Waals surface area contributed by atoms with E-state index in [1.54, 1.807) is 30.3 Å². The van der Waals surface area contributed by atoms with Gasteiger partial charge in [-0.2, -0.15) is 0 Å². The van der Waals surface area contributed by atoms with Gasteiger partial charge in [0.25, 0.3) is 10.0 Å². The van der Waals surface area contributed by atoms with E-state index in [0.717, 1.165) is 35.6 Å². The minimum atomic E-state index is -4.23. The number of hydrogen-bond acceptors (Lipinski definition) is 6. The highest BCUT2D eigenvalue weighted by molar-refractivity contribution is 7.92. The van der Waals surface area contributed by atoms with Gasteiger partial charge in [0.2, 0.25) is 11.8 Å². The molecule has 1 aliphatic carbocycles. The van der Waals surface area contributed by atoms with Crippen LogP contribution >= 0.6 is 0 Å². The quantitative estimate of drug-likeness (QED) is 0.306. The number of carbonyl (C=O) groups excluding carboxylic acids is 2. The second-order valence-corrected chi connectivity index (χ2v) is 12.1. The molecule has 0 radical (unpaired) electrons. The van der Waals surface area contributed by atoms with Crippen LogP contribution in [0.4, 0.5) is 5.69 Å². The standard InChI is InChI=1S/C32H39N3O6S/c1-4-28(32(37)33-25-15-11-12-16-25)34(22-24-13-7-5-8-14-24)31(36)23-35(26-17-9-6-10-18-26)42(38,39)27-19-20-29(40-2)30(21-27)41-3/h5-10,13-14,17-21,25,28H,4,11-12,15-16,22-23H2,1-3H3,(H,33,37)/t28-/m1/s1. The number of benzene rings is 3. The van der Waals surface area contributed by atoms with Crippen LogP contribution in [0, 0.1) is 0 Å². The summed E-state index contributed by atoms with van der Waals surface area (Å²) in [5.41, 5.74) is 1.16. The molecular formula is C32H39N3O6S. The summed E-state index contributed by atoms with van der Waals surface area (Å²) in [7, 11) is -1.34. The average Bonchev–Trinajstić information content (AvgIpc) is 3.53. The van der Waals surface area contributed by atoms with E-state index < -0.39 is 28.5 Å². The molecule has 1 N–H and O–H groups in total. The zero-order chi connectivity index (χ0) is 30.1. The van der Waals surface area contributed by atoms with Gasteiger partial charge < -0.3 is 19.7 Å². The number of hydrogen-bond donors (Lipinski definition) is 1. The Balaban J connectivity index is 1.71. The largest absolute Gasteiger partial charge is 0.493 e. The average molecular weight is 594 g/mol. The van der Waals surface area contributed by atoms with Crippen molar-refractivity contribution in [3.8, 4) is 11.5 Å². The Morgan fingerprint density at radius 3 is 2.12 bits per heavy atom. The minimum absolute atomic E-state index is 0.0579. The molecule has 3 aromatic rings. The molecule has 1 atom stereocenters. The predicted molar refractivity (Wildman–Crippen MR) is 162 cm³/mol. The van der Waals surface area contributed by atoms with Gasteiger partial charge in [-0.15, -0.1) is 0 Å². The van der Waals surface area contributed by atoms with Gasteiger partial charge in [0, 0.05) is 18.7 Å². The molecule has 0 aliphatic heterocycles. The van der Waals surface area contributed by atoms with Gasteiger partial charge in [-0.25, -0.2) is 8.42 Å². The van der Waals surface area contributed by atoms with Crippen molar-refractivity contribution in [3.63, 3.8) is 0 Å². The number of anilines is 1. The van der Waals surface area contributed by atoms with Crippen molar-refractivity contribution < 1.29 is 27.5 Å². The zero-order valence-electron chi connectivity index (χ0n) is 24.4. The van der Waals surface area contributed by atoms with E-state index in [0.29, 0.717) is 17.9 Å². The van der Waals surface area contributed by atoms with Crippen molar-refractivity contribution in [3.05, 3.63) is 84.4 Å². The molecule has 9 nitrogen and oxygen atoms in total. The molecule has 0 spiro atoms. The molecule has 2 amide bonds. The maximum absolute atomic E-state index is 14.2.